The van der Waals surface area contributed by atoms with E-state index in [1.165, 1.54) is 23.1 Å². The fourth-order valence-corrected chi connectivity index (χ4v) is 2.99. The number of hydrogen-bond donors (Lipinski definition) is 0. The van der Waals surface area contributed by atoms with Crippen molar-refractivity contribution >= 4 is 11.6 Å². The Morgan fingerprint density at radius 3 is 2.14 bits per heavy atom. The summed E-state index contributed by atoms with van der Waals surface area (Å²) >= 11 is 6.59. The second kappa shape index (κ2) is 8.36. The molecule has 0 fully saturated rings. The van der Waals surface area contributed by atoms with Gasteiger partial charge in [-0.25, -0.2) is 0 Å². The van der Waals surface area contributed by atoms with E-state index in [1.54, 1.807) is 0 Å². The van der Waals surface area contributed by atoms with Crippen LogP contribution in [0.2, 0.25) is 0 Å². The highest BCUT2D eigenvalue weighted by molar-refractivity contribution is 6.21. The third kappa shape index (κ3) is 4.86. The van der Waals surface area contributed by atoms with Crippen molar-refractivity contribution in [3.05, 3.63) is 71.3 Å². The van der Waals surface area contributed by atoms with Crippen LogP contribution in [0.15, 0.2) is 54.6 Å². The highest BCUT2D eigenvalue weighted by Crippen LogP contribution is 2.25. The fraction of sp³-hybridized carbons (Fsp3) is 0.400. The quantitative estimate of drug-likeness (QED) is 0.600. The summed E-state index contributed by atoms with van der Waals surface area (Å²) in [4.78, 5) is 2.27. The third-order valence-corrected chi connectivity index (χ3v) is 4.64. The summed E-state index contributed by atoms with van der Waals surface area (Å²) in [5, 5.41) is 0.0275. The van der Waals surface area contributed by atoms with E-state index >= 15 is 0 Å². The van der Waals surface area contributed by atoms with Crippen molar-refractivity contribution in [2.45, 2.75) is 38.1 Å². The third-order valence-electron chi connectivity index (χ3n) is 4.25. The van der Waals surface area contributed by atoms with Crippen molar-refractivity contribution < 1.29 is 0 Å². The van der Waals surface area contributed by atoms with Gasteiger partial charge in [-0.15, -0.1) is 11.6 Å². The number of halogens is 1. The number of nitrogens with zero attached hydrogens (tertiary/aromatic N) is 1. The molecule has 2 atom stereocenters. The van der Waals surface area contributed by atoms with Crippen LogP contribution in [0.25, 0.3) is 0 Å². The molecule has 2 heteroatoms. The van der Waals surface area contributed by atoms with Crippen LogP contribution < -0.4 is 0 Å². The molecule has 0 aromatic heterocycles. The van der Waals surface area contributed by atoms with E-state index in [9.17, 15) is 0 Å². The van der Waals surface area contributed by atoms with Gasteiger partial charge < -0.3 is 4.90 Å². The minimum absolute atomic E-state index is 0.0275. The van der Waals surface area contributed by atoms with E-state index in [-0.39, 0.29) is 5.38 Å². The molecule has 2 aromatic rings. The molecule has 0 aliphatic carbocycles. The van der Waals surface area contributed by atoms with Gasteiger partial charge in [0.25, 0.3) is 0 Å². The highest BCUT2D eigenvalue weighted by atomic mass is 35.5. The molecule has 0 aliphatic heterocycles. The van der Waals surface area contributed by atoms with Gasteiger partial charge in [0.05, 0.1) is 5.38 Å². The summed E-state index contributed by atoms with van der Waals surface area (Å²) in [5.74, 6) is 0.614. The van der Waals surface area contributed by atoms with Crippen molar-refractivity contribution in [1.29, 1.82) is 0 Å². The SMILES string of the molecule is CCC(C)c1ccc(C(Cl)CN(C)Cc2ccccc2)cc1. The molecule has 118 valence electrons. The van der Waals surface area contributed by atoms with Gasteiger partial charge in [-0.3, -0.25) is 0 Å². The van der Waals surface area contributed by atoms with Gasteiger partial charge in [0, 0.05) is 13.1 Å². The summed E-state index contributed by atoms with van der Waals surface area (Å²) in [7, 11) is 2.12. The van der Waals surface area contributed by atoms with Crippen LogP contribution in [0.5, 0.6) is 0 Å². The van der Waals surface area contributed by atoms with Crippen molar-refractivity contribution in [2.75, 3.05) is 13.6 Å². The molecule has 0 radical (unpaired) electrons. The van der Waals surface area contributed by atoms with Crippen LogP contribution in [-0.2, 0) is 6.54 Å². The molecule has 0 amide bonds. The average Bonchev–Trinajstić information content (AvgIpc) is 2.55. The number of benzene rings is 2. The van der Waals surface area contributed by atoms with E-state index in [0.717, 1.165) is 13.1 Å². The van der Waals surface area contributed by atoms with Crippen molar-refractivity contribution in [2.24, 2.45) is 0 Å². The topological polar surface area (TPSA) is 3.24 Å². The van der Waals surface area contributed by atoms with Crippen LogP contribution in [0.3, 0.4) is 0 Å². The lowest BCUT2D eigenvalue weighted by Gasteiger charge is -2.21. The number of rotatable bonds is 7. The fourth-order valence-electron chi connectivity index (χ4n) is 2.61. The van der Waals surface area contributed by atoms with Crippen LogP contribution in [0.1, 0.15) is 48.3 Å². The molecule has 0 saturated carbocycles. The molecular formula is C20H26ClN. The Kier molecular flexibility index (Phi) is 6.48. The maximum absolute atomic E-state index is 6.59. The predicted octanol–water partition coefficient (Wildman–Crippen LogP) is 5.61. The van der Waals surface area contributed by atoms with Crippen molar-refractivity contribution in [3.8, 4) is 0 Å². The largest absolute Gasteiger partial charge is 0.300 e. The van der Waals surface area contributed by atoms with E-state index in [2.05, 4.69) is 74.3 Å². The highest BCUT2D eigenvalue weighted by Gasteiger charge is 2.12. The summed E-state index contributed by atoms with van der Waals surface area (Å²) < 4.78 is 0. The predicted molar refractivity (Wildman–Crippen MR) is 96.5 cm³/mol. The van der Waals surface area contributed by atoms with E-state index in [0.29, 0.717) is 5.92 Å². The molecule has 0 heterocycles. The smallest absolute Gasteiger partial charge is 0.0712 e. The summed E-state index contributed by atoms with van der Waals surface area (Å²) in [5.41, 5.74) is 3.92. The zero-order chi connectivity index (χ0) is 15.9. The van der Waals surface area contributed by atoms with Crippen LogP contribution in [0.4, 0.5) is 0 Å². The minimum Gasteiger partial charge on any atom is -0.300 e. The van der Waals surface area contributed by atoms with Crippen LogP contribution in [-0.4, -0.2) is 18.5 Å². The standard InChI is InChI=1S/C20H26ClN/c1-4-16(2)18-10-12-19(13-11-18)20(21)15-22(3)14-17-8-6-5-7-9-17/h5-13,16,20H,4,14-15H2,1-3H3. The Morgan fingerprint density at radius 2 is 1.55 bits per heavy atom. The second-order valence-electron chi connectivity index (χ2n) is 6.13. The zero-order valence-corrected chi connectivity index (χ0v) is 14.6. The monoisotopic (exact) mass is 315 g/mol. The Bertz CT molecular complexity index is 550. The lowest BCUT2D eigenvalue weighted by Crippen LogP contribution is -2.22. The normalized spacial score (nSPS) is 14.0. The first-order chi connectivity index (χ1) is 10.6. The molecule has 0 spiro atoms. The molecule has 0 N–H and O–H groups in total. The average molecular weight is 316 g/mol. The first-order valence-electron chi connectivity index (χ1n) is 8.06. The molecule has 0 aliphatic rings. The second-order valence-corrected chi connectivity index (χ2v) is 6.65. The van der Waals surface area contributed by atoms with Gasteiger partial charge in [0.1, 0.15) is 0 Å². The molecular weight excluding hydrogens is 290 g/mol. The summed E-state index contributed by atoms with van der Waals surface area (Å²) in [6.07, 6.45) is 1.17. The molecule has 0 saturated heterocycles. The Balaban J connectivity index is 1.92. The maximum atomic E-state index is 6.59. The molecule has 0 bridgehead atoms. The molecule has 2 aromatic carbocycles. The van der Waals surface area contributed by atoms with E-state index in [1.807, 2.05) is 6.07 Å². The number of hydrogen-bond acceptors (Lipinski definition) is 1. The molecule has 1 nitrogen and oxygen atoms in total. The Morgan fingerprint density at radius 1 is 0.955 bits per heavy atom. The van der Waals surface area contributed by atoms with Gasteiger partial charge in [-0.1, -0.05) is 68.4 Å². The zero-order valence-electron chi connectivity index (χ0n) is 13.8. The Hall–Kier alpha value is -1.31. The lowest BCUT2D eigenvalue weighted by atomic mass is 9.97. The van der Waals surface area contributed by atoms with Gasteiger partial charge in [0.15, 0.2) is 0 Å². The first-order valence-corrected chi connectivity index (χ1v) is 8.50. The van der Waals surface area contributed by atoms with Crippen molar-refractivity contribution in [1.82, 2.24) is 4.90 Å². The molecule has 22 heavy (non-hydrogen) atoms. The number of likely N-dealkylation sites (N-methyl/N-ethyl adjacent to an activating group) is 1. The Labute approximate surface area is 139 Å². The first kappa shape index (κ1) is 17.1. The number of alkyl halides is 1. The van der Waals surface area contributed by atoms with Gasteiger partial charge in [-0.2, -0.15) is 0 Å². The molecule has 2 rings (SSSR count). The maximum Gasteiger partial charge on any atom is 0.0712 e. The summed E-state index contributed by atoms with van der Waals surface area (Å²) in [6.45, 7) is 6.26. The lowest BCUT2D eigenvalue weighted by molar-refractivity contribution is 0.327. The van der Waals surface area contributed by atoms with Crippen LogP contribution in [0, 0.1) is 0 Å². The van der Waals surface area contributed by atoms with E-state index < -0.39 is 0 Å². The van der Waals surface area contributed by atoms with E-state index in [4.69, 9.17) is 11.6 Å². The van der Waals surface area contributed by atoms with Crippen molar-refractivity contribution in [3.63, 3.8) is 0 Å². The van der Waals surface area contributed by atoms with Gasteiger partial charge >= 0.3 is 0 Å². The summed E-state index contributed by atoms with van der Waals surface area (Å²) in [6, 6.07) is 19.3. The molecule has 2 unspecified atom stereocenters. The van der Waals surface area contributed by atoms with Gasteiger partial charge in [-0.05, 0) is 36.1 Å². The van der Waals surface area contributed by atoms with Gasteiger partial charge in [0.2, 0.25) is 0 Å². The van der Waals surface area contributed by atoms with Crippen LogP contribution >= 0.6 is 11.6 Å². The minimum atomic E-state index is 0.0275.